The molecule has 0 aromatic carbocycles. The first-order chi connectivity index (χ1) is 7.81. The third kappa shape index (κ3) is 10.1. The Labute approximate surface area is 103 Å². The van der Waals surface area contributed by atoms with Crippen LogP contribution in [0.1, 0.15) is 13.8 Å². The highest BCUT2D eigenvalue weighted by molar-refractivity contribution is 7.88. The standard InChI is InChI=1S/C8H15F3N2O4S/c1-7(2,13-18(3,15)16)4-12-6(14)17-5-8(9,10)11/h13H,4-5H2,1-3H3,(H,12,14). The molecule has 0 fully saturated rings. The van der Waals surface area contributed by atoms with Crippen LogP contribution in [-0.2, 0) is 14.8 Å². The summed E-state index contributed by atoms with van der Waals surface area (Å²) in [4.78, 5) is 10.9. The number of nitrogens with one attached hydrogen (secondary N) is 2. The highest BCUT2D eigenvalue weighted by atomic mass is 32.2. The molecule has 108 valence electrons. The van der Waals surface area contributed by atoms with Gasteiger partial charge in [-0.15, -0.1) is 0 Å². The highest BCUT2D eigenvalue weighted by Crippen LogP contribution is 2.14. The van der Waals surface area contributed by atoms with Gasteiger partial charge in [-0.25, -0.2) is 17.9 Å². The van der Waals surface area contributed by atoms with Gasteiger partial charge in [-0.05, 0) is 13.8 Å². The number of hydrogen-bond donors (Lipinski definition) is 2. The molecule has 0 aliphatic carbocycles. The lowest BCUT2D eigenvalue weighted by Crippen LogP contribution is -2.51. The number of carbonyl (C=O) groups excluding carboxylic acids is 1. The zero-order valence-corrected chi connectivity index (χ0v) is 10.9. The minimum atomic E-state index is -4.60. The largest absolute Gasteiger partial charge is 0.440 e. The molecule has 6 nitrogen and oxygen atoms in total. The molecule has 10 heteroatoms. The Morgan fingerprint density at radius 2 is 1.78 bits per heavy atom. The number of ether oxygens (including phenoxy) is 1. The van der Waals surface area contributed by atoms with E-state index in [1.165, 1.54) is 13.8 Å². The number of carbonyl (C=O) groups is 1. The first-order valence-electron chi connectivity index (χ1n) is 4.77. The summed E-state index contributed by atoms with van der Waals surface area (Å²) in [6, 6.07) is 0. The van der Waals surface area contributed by atoms with Crippen LogP contribution in [0.3, 0.4) is 0 Å². The van der Waals surface area contributed by atoms with Crippen LogP contribution in [0.4, 0.5) is 18.0 Å². The fourth-order valence-electron chi connectivity index (χ4n) is 1.03. The molecule has 0 bridgehead atoms. The fraction of sp³-hybridized carbons (Fsp3) is 0.875. The van der Waals surface area contributed by atoms with Gasteiger partial charge in [0, 0.05) is 12.1 Å². The Balaban J connectivity index is 4.13. The Kier molecular flexibility index (Phi) is 5.41. The van der Waals surface area contributed by atoms with Gasteiger partial charge in [0.25, 0.3) is 0 Å². The van der Waals surface area contributed by atoms with Crippen molar-refractivity contribution in [2.75, 3.05) is 19.4 Å². The monoisotopic (exact) mass is 292 g/mol. The zero-order valence-electron chi connectivity index (χ0n) is 10.1. The number of sulfonamides is 1. The first kappa shape index (κ1) is 17.0. The van der Waals surface area contributed by atoms with Crippen LogP contribution in [-0.4, -0.2) is 45.6 Å². The molecule has 0 aromatic rings. The molecule has 1 amide bonds. The number of rotatable bonds is 5. The second-order valence-electron chi connectivity index (χ2n) is 4.30. The summed E-state index contributed by atoms with van der Waals surface area (Å²) in [6.45, 7) is 1.01. The molecule has 0 aromatic heterocycles. The Morgan fingerprint density at radius 1 is 1.28 bits per heavy atom. The Bertz CT molecular complexity index is 392. The van der Waals surface area contributed by atoms with Crippen LogP contribution in [0.25, 0.3) is 0 Å². The summed E-state index contributed by atoms with van der Waals surface area (Å²) in [7, 11) is -3.49. The summed E-state index contributed by atoms with van der Waals surface area (Å²) in [5.74, 6) is 0. The van der Waals surface area contributed by atoms with Crippen LogP contribution in [0.15, 0.2) is 0 Å². The van der Waals surface area contributed by atoms with Gasteiger partial charge in [0.2, 0.25) is 10.0 Å². The van der Waals surface area contributed by atoms with Gasteiger partial charge in [0.1, 0.15) is 0 Å². The number of halogens is 3. The van der Waals surface area contributed by atoms with Gasteiger partial charge in [-0.1, -0.05) is 0 Å². The summed E-state index contributed by atoms with van der Waals surface area (Å²) in [6.07, 6.45) is -4.94. The SMILES string of the molecule is CC(C)(CNC(=O)OCC(F)(F)F)NS(C)(=O)=O. The quantitative estimate of drug-likeness (QED) is 0.777. The molecule has 0 aliphatic heterocycles. The summed E-state index contributed by atoms with van der Waals surface area (Å²) in [5, 5.41) is 2.03. The lowest BCUT2D eigenvalue weighted by atomic mass is 10.1. The number of hydrogen-bond acceptors (Lipinski definition) is 4. The van der Waals surface area contributed by atoms with E-state index in [0.717, 1.165) is 6.26 Å². The predicted octanol–water partition coefficient (Wildman–Crippen LogP) is 0.603. The first-order valence-corrected chi connectivity index (χ1v) is 6.66. The summed E-state index contributed by atoms with van der Waals surface area (Å²) in [5.41, 5.74) is -1.04. The predicted molar refractivity (Wildman–Crippen MR) is 57.5 cm³/mol. The average Bonchev–Trinajstić information content (AvgIpc) is 2.06. The second-order valence-corrected chi connectivity index (χ2v) is 6.05. The van der Waals surface area contributed by atoms with Crippen molar-refractivity contribution in [1.29, 1.82) is 0 Å². The number of alkyl halides is 3. The molecular weight excluding hydrogens is 277 g/mol. The Hall–Kier alpha value is -1.03. The van der Waals surface area contributed by atoms with E-state index in [-0.39, 0.29) is 6.54 Å². The number of amides is 1. The maximum absolute atomic E-state index is 11.7. The number of alkyl carbamates (subject to hydrolysis) is 1. The van der Waals surface area contributed by atoms with E-state index in [1.807, 2.05) is 5.32 Å². The molecule has 2 N–H and O–H groups in total. The summed E-state index contributed by atoms with van der Waals surface area (Å²) < 4.78 is 63.1. The van der Waals surface area contributed by atoms with Gasteiger partial charge in [-0.3, -0.25) is 0 Å². The van der Waals surface area contributed by atoms with Crippen molar-refractivity contribution >= 4 is 16.1 Å². The topological polar surface area (TPSA) is 84.5 Å². The van der Waals surface area contributed by atoms with Crippen molar-refractivity contribution in [2.24, 2.45) is 0 Å². The minimum absolute atomic E-state index is 0.212. The molecule has 0 saturated heterocycles. The molecule has 0 spiro atoms. The fourth-order valence-corrected chi connectivity index (χ4v) is 2.11. The molecule has 0 heterocycles. The maximum Gasteiger partial charge on any atom is 0.422 e. The van der Waals surface area contributed by atoms with Crippen LogP contribution in [0, 0.1) is 0 Å². The Morgan fingerprint density at radius 3 is 2.17 bits per heavy atom. The molecule has 0 atom stereocenters. The van der Waals surface area contributed by atoms with E-state index in [4.69, 9.17) is 0 Å². The van der Waals surface area contributed by atoms with E-state index in [9.17, 15) is 26.4 Å². The molecular formula is C8H15F3N2O4S. The lowest BCUT2D eigenvalue weighted by molar-refractivity contribution is -0.160. The van der Waals surface area contributed by atoms with E-state index in [1.54, 1.807) is 0 Å². The van der Waals surface area contributed by atoms with Gasteiger partial charge in [0.15, 0.2) is 6.61 Å². The van der Waals surface area contributed by atoms with Gasteiger partial charge < -0.3 is 10.1 Å². The lowest BCUT2D eigenvalue weighted by Gasteiger charge is -2.25. The molecule has 18 heavy (non-hydrogen) atoms. The summed E-state index contributed by atoms with van der Waals surface area (Å²) >= 11 is 0. The van der Waals surface area contributed by atoms with E-state index in [0.29, 0.717) is 0 Å². The maximum atomic E-state index is 11.7. The van der Waals surface area contributed by atoms with Crippen LogP contribution in [0.2, 0.25) is 0 Å². The van der Waals surface area contributed by atoms with Gasteiger partial charge >= 0.3 is 12.3 Å². The molecule has 0 saturated carbocycles. The van der Waals surface area contributed by atoms with Crippen molar-refractivity contribution in [1.82, 2.24) is 10.0 Å². The van der Waals surface area contributed by atoms with Crippen molar-refractivity contribution in [3.8, 4) is 0 Å². The van der Waals surface area contributed by atoms with Gasteiger partial charge in [-0.2, -0.15) is 13.2 Å². The van der Waals surface area contributed by atoms with Crippen LogP contribution >= 0.6 is 0 Å². The van der Waals surface area contributed by atoms with Crippen molar-refractivity contribution in [3.05, 3.63) is 0 Å². The molecule has 0 unspecified atom stereocenters. The molecule has 0 aliphatic rings. The van der Waals surface area contributed by atoms with Crippen molar-refractivity contribution in [3.63, 3.8) is 0 Å². The average molecular weight is 292 g/mol. The van der Waals surface area contributed by atoms with E-state index >= 15 is 0 Å². The van der Waals surface area contributed by atoms with Crippen molar-refractivity contribution < 1.29 is 31.1 Å². The van der Waals surface area contributed by atoms with E-state index < -0.39 is 34.4 Å². The second kappa shape index (κ2) is 5.74. The third-order valence-electron chi connectivity index (χ3n) is 1.50. The van der Waals surface area contributed by atoms with Crippen LogP contribution in [0.5, 0.6) is 0 Å². The minimum Gasteiger partial charge on any atom is -0.440 e. The molecule has 0 radical (unpaired) electrons. The normalized spacial score (nSPS) is 13.2. The zero-order chi connectivity index (χ0) is 14.6. The van der Waals surface area contributed by atoms with Gasteiger partial charge in [0.05, 0.1) is 6.26 Å². The van der Waals surface area contributed by atoms with Crippen LogP contribution < -0.4 is 10.0 Å². The highest BCUT2D eigenvalue weighted by Gasteiger charge is 2.30. The molecule has 0 rings (SSSR count). The van der Waals surface area contributed by atoms with E-state index in [2.05, 4.69) is 9.46 Å². The smallest absolute Gasteiger partial charge is 0.422 e. The third-order valence-corrected chi connectivity index (χ3v) is 2.43. The van der Waals surface area contributed by atoms with Crippen molar-refractivity contribution in [2.45, 2.75) is 25.6 Å².